The molecule has 0 saturated carbocycles. The van der Waals surface area contributed by atoms with Crippen LogP contribution in [-0.4, -0.2) is 26.4 Å². The molecule has 2 aromatic rings. The summed E-state index contributed by atoms with van der Waals surface area (Å²) in [5.74, 6) is 0.202. The Morgan fingerprint density at radius 1 is 1.25 bits per heavy atom. The smallest absolute Gasteiger partial charge is 0.274 e. The molecule has 2 N–H and O–H groups in total. The van der Waals surface area contributed by atoms with Gasteiger partial charge in [0.1, 0.15) is 5.69 Å². The zero-order chi connectivity index (χ0) is 14.6. The minimum atomic E-state index is -0.348. The second-order valence-corrected chi connectivity index (χ2v) is 5.25. The van der Waals surface area contributed by atoms with Gasteiger partial charge in [0.05, 0.1) is 6.21 Å². The van der Waals surface area contributed by atoms with Crippen LogP contribution in [0.25, 0.3) is 0 Å². The maximum Gasteiger partial charge on any atom is 0.274 e. The average molecular weight is 272 g/mol. The fourth-order valence-corrected chi connectivity index (χ4v) is 1.50. The molecule has 2 heterocycles. The molecule has 0 saturated heterocycles. The molecule has 2 rings (SSSR count). The molecule has 20 heavy (non-hydrogen) atoms. The van der Waals surface area contributed by atoms with E-state index in [0.29, 0.717) is 5.69 Å². The molecule has 7 nitrogen and oxygen atoms in total. The molecule has 0 aliphatic carbocycles. The van der Waals surface area contributed by atoms with Crippen molar-refractivity contribution in [3.8, 4) is 0 Å². The molecular weight excluding hydrogens is 256 g/mol. The molecule has 0 aliphatic heterocycles. The lowest BCUT2D eigenvalue weighted by atomic mass is 9.93. The summed E-state index contributed by atoms with van der Waals surface area (Å²) in [5.41, 5.74) is 3.29. The van der Waals surface area contributed by atoms with Gasteiger partial charge in [-0.1, -0.05) is 20.8 Å². The molecule has 0 aromatic carbocycles. The molecule has 0 unspecified atom stereocenters. The first-order valence-corrected chi connectivity index (χ1v) is 6.13. The second-order valence-electron chi connectivity index (χ2n) is 5.25. The van der Waals surface area contributed by atoms with Crippen LogP contribution in [0.2, 0.25) is 0 Å². The Morgan fingerprint density at radius 3 is 2.55 bits per heavy atom. The number of aromatic amines is 1. The van der Waals surface area contributed by atoms with Crippen molar-refractivity contribution >= 4 is 12.2 Å². The Balaban J connectivity index is 2.10. The van der Waals surface area contributed by atoms with Gasteiger partial charge in [-0.3, -0.25) is 14.8 Å². The number of H-pyrrole nitrogens is 1. The maximum absolute atomic E-state index is 11.9. The van der Waals surface area contributed by atoms with Crippen LogP contribution in [0, 0.1) is 0 Å². The van der Waals surface area contributed by atoms with Gasteiger partial charge in [-0.25, -0.2) is 5.43 Å². The third-order valence-electron chi connectivity index (χ3n) is 2.50. The first-order chi connectivity index (χ1) is 9.47. The summed E-state index contributed by atoms with van der Waals surface area (Å²) < 4.78 is 0. The fraction of sp³-hybridized carbons (Fsp3) is 0.308. The molecule has 0 spiro atoms. The van der Waals surface area contributed by atoms with Gasteiger partial charge >= 0.3 is 0 Å². The van der Waals surface area contributed by atoms with E-state index < -0.39 is 0 Å². The summed E-state index contributed by atoms with van der Waals surface area (Å²) >= 11 is 0. The highest BCUT2D eigenvalue weighted by atomic mass is 16.1. The summed E-state index contributed by atoms with van der Waals surface area (Å²) in [6.07, 6.45) is 4.93. The van der Waals surface area contributed by atoms with E-state index in [0.717, 1.165) is 5.56 Å². The van der Waals surface area contributed by atoms with Gasteiger partial charge in [0.2, 0.25) is 5.95 Å². The molecular formula is C13H16N6O. The Hall–Kier alpha value is -2.57. The molecule has 0 amide bonds. The van der Waals surface area contributed by atoms with Gasteiger partial charge in [-0.15, -0.1) is 10.2 Å². The van der Waals surface area contributed by atoms with E-state index in [2.05, 4.69) is 30.7 Å². The number of hydrogen-bond acceptors (Lipinski definition) is 6. The van der Waals surface area contributed by atoms with Crippen LogP contribution >= 0.6 is 0 Å². The van der Waals surface area contributed by atoms with E-state index in [-0.39, 0.29) is 16.9 Å². The summed E-state index contributed by atoms with van der Waals surface area (Å²) in [5, 5.41) is 11.8. The molecule has 0 fully saturated rings. The summed E-state index contributed by atoms with van der Waals surface area (Å²) in [6.45, 7) is 5.71. The molecule has 104 valence electrons. The summed E-state index contributed by atoms with van der Waals surface area (Å²) in [6, 6.07) is 3.62. The monoisotopic (exact) mass is 272 g/mol. The summed E-state index contributed by atoms with van der Waals surface area (Å²) in [7, 11) is 0. The number of nitrogens with zero attached hydrogens (tertiary/aromatic N) is 4. The number of anilines is 1. The zero-order valence-electron chi connectivity index (χ0n) is 11.6. The Labute approximate surface area is 116 Å². The van der Waals surface area contributed by atoms with Crippen LogP contribution in [0.4, 0.5) is 5.95 Å². The van der Waals surface area contributed by atoms with Crippen LogP contribution < -0.4 is 11.0 Å². The molecule has 7 heteroatoms. The average Bonchev–Trinajstić information content (AvgIpc) is 2.38. The lowest BCUT2D eigenvalue weighted by molar-refractivity contribution is 0.547. The number of aromatic nitrogens is 4. The van der Waals surface area contributed by atoms with E-state index in [4.69, 9.17) is 0 Å². The normalized spacial score (nSPS) is 11.8. The highest BCUT2D eigenvalue weighted by Crippen LogP contribution is 2.15. The van der Waals surface area contributed by atoms with Gasteiger partial charge in [0.25, 0.3) is 5.56 Å². The number of rotatable bonds is 3. The second kappa shape index (κ2) is 5.60. The van der Waals surface area contributed by atoms with Crippen LogP contribution in [0.1, 0.15) is 32.0 Å². The van der Waals surface area contributed by atoms with Crippen LogP contribution in [-0.2, 0) is 5.41 Å². The van der Waals surface area contributed by atoms with Gasteiger partial charge in [0, 0.05) is 17.8 Å². The van der Waals surface area contributed by atoms with E-state index in [9.17, 15) is 4.79 Å². The number of hydrogen-bond donors (Lipinski definition) is 2. The first-order valence-electron chi connectivity index (χ1n) is 6.13. The van der Waals surface area contributed by atoms with Crippen molar-refractivity contribution in [2.45, 2.75) is 26.2 Å². The minimum Gasteiger partial charge on any atom is -0.288 e. The first kappa shape index (κ1) is 13.9. The van der Waals surface area contributed by atoms with Gasteiger partial charge in [-0.05, 0) is 17.7 Å². The van der Waals surface area contributed by atoms with Crippen molar-refractivity contribution in [3.05, 3.63) is 46.1 Å². The Bertz CT molecular complexity index is 657. The third kappa shape index (κ3) is 3.47. The van der Waals surface area contributed by atoms with Crippen LogP contribution in [0.15, 0.2) is 34.4 Å². The number of hydrazone groups is 1. The van der Waals surface area contributed by atoms with Crippen molar-refractivity contribution in [3.63, 3.8) is 0 Å². The maximum atomic E-state index is 11.9. The van der Waals surface area contributed by atoms with Crippen molar-refractivity contribution in [1.29, 1.82) is 0 Å². The minimum absolute atomic E-state index is 0.202. The highest BCUT2D eigenvalue weighted by Gasteiger charge is 2.20. The molecule has 0 radical (unpaired) electrons. The van der Waals surface area contributed by atoms with Crippen molar-refractivity contribution < 1.29 is 0 Å². The Morgan fingerprint density at radius 2 is 1.95 bits per heavy atom. The van der Waals surface area contributed by atoms with E-state index in [1.807, 2.05) is 32.9 Å². The van der Waals surface area contributed by atoms with Crippen LogP contribution in [0.3, 0.4) is 0 Å². The molecule has 2 aromatic heterocycles. The summed E-state index contributed by atoms with van der Waals surface area (Å²) in [4.78, 5) is 18.4. The SMILES string of the molecule is CC(C)(C)c1nnc(N/N=C/c2ccncc2)[nH]c1=O. The lowest BCUT2D eigenvalue weighted by Crippen LogP contribution is -2.28. The Kier molecular flexibility index (Phi) is 3.88. The van der Waals surface area contributed by atoms with Crippen molar-refractivity contribution in [2.24, 2.45) is 5.10 Å². The standard InChI is InChI=1S/C13H16N6O/c1-13(2,3)10-11(20)16-12(19-17-10)18-15-8-9-4-6-14-7-5-9/h4-8H,1-3H3,(H2,16,18,19,20)/b15-8+. The quantitative estimate of drug-likeness (QED) is 0.648. The molecule has 0 bridgehead atoms. The van der Waals surface area contributed by atoms with E-state index in [1.165, 1.54) is 0 Å². The van der Waals surface area contributed by atoms with Gasteiger partial charge < -0.3 is 0 Å². The number of nitrogens with one attached hydrogen (secondary N) is 2. The largest absolute Gasteiger partial charge is 0.288 e. The molecule has 0 aliphatic rings. The lowest BCUT2D eigenvalue weighted by Gasteiger charge is -2.15. The fourth-order valence-electron chi connectivity index (χ4n) is 1.50. The van der Waals surface area contributed by atoms with E-state index in [1.54, 1.807) is 18.6 Å². The number of pyridine rings is 1. The third-order valence-corrected chi connectivity index (χ3v) is 2.50. The predicted octanol–water partition coefficient (Wildman–Crippen LogP) is 1.30. The van der Waals surface area contributed by atoms with Crippen LogP contribution in [0.5, 0.6) is 0 Å². The van der Waals surface area contributed by atoms with Gasteiger partial charge in [0.15, 0.2) is 0 Å². The molecule has 0 atom stereocenters. The van der Waals surface area contributed by atoms with Crippen molar-refractivity contribution in [2.75, 3.05) is 5.43 Å². The zero-order valence-corrected chi connectivity index (χ0v) is 11.6. The van der Waals surface area contributed by atoms with Gasteiger partial charge in [-0.2, -0.15) is 5.10 Å². The predicted molar refractivity (Wildman–Crippen MR) is 76.8 cm³/mol. The van der Waals surface area contributed by atoms with E-state index >= 15 is 0 Å². The van der Waals surface area contributed by atoms with Crippen molar-refractivity contribution in [1.82, 2.24) is 20.2 Å². The highest BCUT2D eigenvalue weighted by molar-refractivity contribution is 5.79. The topological polar surface area (TPSA) is 95.9 Å².